The lowest BCUT2D eigenvalue weighted by atomic mass is 10.1. The zero-order valence-corrected chi connectivity index (χ0v) is 15.2. The van der Waals surface area contributed by atoms with Gasteiger partial charge in [0.2, 0.25) is 0 Å². The van der Waals surface area contributed by atoms with Crippen LogP contribution in [0.2, 0.25) is 0 Å². The van der Waals surface area contributed by atoms with Crippen molar-refractivity contribution in [3.63, 3.8) is 0 Å². The van der Waals surface area contributed by atoms with Crippen LogP contribution in [0.1, 0.15) is 19.4 Å². The summed E-state index contributed by atoms with van der Waals surface area (Å²) in [6.45, 7) is 9.07. The van der Waals surface area contributed by atoms with E-state index in [0.717, 1.165) is 38.3 Å². The molecule has 0 unspecified atom stereocenters. The molecule has 2 aromatic rings. The van der Waals surface area contributed by atoms with Crippen molar-refractivity contribution in [3.8, 4) is 17.0 Å². The lowest BCUT2D eigenvalue weighted by Crippen LogP contribution is -2.43. The fourth-order valence-electron chi connectivity index (χ4n) is 3.04. The maximum Gasteiger partial charge on any atom is 0.136 e. The molecule has 1 saturated heterocycles. The van der Waals surface area contributed by atoms with Crippen molar-refractivity contribution < 1.29 is 9.13 Å². The highest BCUT2D eigenvalue weighted by molar-refractivity contribution is 5.67. The molecule has 0 spiro atoms. The van der Waals surface area contributed by atoms with Crippen LogP contribution in [0.15, 0.2) is 36.5 Å². The molecule has 0 aliphatic carbocycles. The number of pyridine rings is 1. The molecule has 25 heavy (non-hydrogen) atoms. The molecule has 2 heterocycles. The largest absolute Gasteiger partial charge is 0.490 e. The summed E-state index contributed by atoms with van der Waals surface area (Å²) in [6.07, 6.45) is 1.83. The van der Waals surface area contributed by atoms with Crippen molar-refractivity contribution in [2.24, 2.45) is 0 Å². The van der Waals surface area contributed by atoms with Gasteiger partial charge < -0.3 is 9.64 Å². The molecule has 1 aliphatic heterocycles. The zero-order valence-electron chi connectivity index (χ0n) is 15.2. The molecule has 0 saturated carbocycles. The molecule has 3 rings (SSSR count). The van der Waals surface area contributed by atoms with E-state index in [-0.39, 0.29) is 11.9 Å². The van der Waals surface area contributed by atoms with E-state index in [1.807, 2.05) is 32.2 Å². The van der Waals surface area contributed by atoms with Crippen LogP contribution in [-0.2, 0) is 6.54 Å². The minimum Gasteiger partial charge on any atom is -0.490 e. The maximum absolute atomic E-state index is 14.4. The summed E-state index contributed by atoms with van der Waals surface area (Å²) in [5.41, 5.74) is 2.19. The second kappa shape index (κ2) is 7.93. The summed E-state index contributed by atoms with van der Waals surface area (Å²) in [7, 11) is 2.15. The van der Waals surface area contributed by atoms with Crippen molar-refractivity contribution in [2.75, 3.05) is 33.2 Å². The Balaban J connectivity index is 1.76. The quantitative estimate of drug-likeness (QED) is 0.832. The second-order valence-electron chi connectivity index (χ2n) is 6.91. The second-order valence-corrected chi connectivity index (χ2v) is 6.91. The van der Waals surface area contributed by atoms with E-state index >= 15 is 0 Å². The van der Waals surface area contributed by atoms with E-state index in [1.165, 1.54) is 6.07 Å². The Morgan fingerprint density at radius 2 is 1.88 bits per heavy atom. The van der Waals surface area contributed by atoms with E-state index in [0.29, 0.717) is 17.0 Å². The smallest absolute Gasteiger partial charge is 0.136 e. The first-order valence-electron chi connectivity index (χ1n) is 8.84. The van der Waals surface area contributed by atoms with Gasteiger partial charge in [-0.05, 0) is 44.7 Å². The van der Waals surface area contributed by atoms with Crippen molar-refractivity contribution in [2.45, 2.75) is 26.5 Å². The fourth-order valence-corrected chi connectivity index (χ4v) is 3.04. The Morgan fingerprint density at radius 1 is 1.12 bits per heavy atom. The maximum atomic E-state index is 14.4. The summed E-state index contributed by atoms with van der Waals surface area (Å²) in [5, 5.41) is 0. The van der Waals surface area contributed by atoms with E-state index < -0.39 is 0 Å². The average molecular weight is 343 g/mol. The van der Waals surface area contributed by atoms with E-state index in [4.69, 9.17) is 4.74 Å². The van der Waals surface area contributed by atoms with E-state index in [2.05, 4.69) is 21.8 Å². The summed E-state index contributed by atoms with van der Waals surface area (Å²) in [4.78, 5) is 9.26. The van der Waals surface area contributed by atoms with Crippen LogP contribution in [0.5, 0.6) is 5.75 Å². The van der Waals surface area contributed by atoms with Gasteiger partial charge in [0.1, 0.15) is 11.6 Å². The molecule has 1 fully saturated rings. The Labute approximate surface area is 149 Å². The van der Waals surface area contributed by atoms with Crippen LogP contribution in [0.4, 0.5) is 4.39 Å². The highest BCUT2D eigenvalue weighted by Gasteiger charge is 2.16. The summed E-state index contributed by atoms with van der Waals surface area (Å²) in [5.74, 6) is 0.229. The molecule has 1 aromatic heterocycles. The molecule has 1 aliphatic rings. The van der Waals surface area contributed by atoms with Gasteiger partial charge in [-0.2, -0.15) is 0 Å². The topological polar surface area (TPSA) is 28.6 Å². The number of hydrogen-bond donors (Lipinski definition) is 0. The van der Waals surface area contributed by atoms with Gasteiger partial charge in [-0.3, -0.25) is 9.88 Å². The molecule has 4 nitrogen and oxygen atoms in total. The van der Waals surface area contributed by atoms with Crippen LogP contribution >= 0.6 is 0 Å². The number of halogens is 1. The molecule has 0 atom stereocenters. The normalized spacial score (nSPS) is 16.4. The first-order valence-corrected chi connectivity index (χ1v) is 8.84. The summed E-state index contributed by atoms with van der Waals surface area (Å²) >= 11 is 0. The number of likely N-dealkylation sites (N-methyl/N-ethyl adjacent to an activating group) is 1. The molecular weight excluding hydrogens is 317 g/mol. The minimum atomic E-state index is -0.308. The predicted molar refractivity (Wildman–Crippen MR) is 98.2 cm³/mol. The third kappa shape index (κ3) is 4.55. The monoisotopic (exact) mass is 343 g/mol. The Bertz CT molecular complexity index is 695. The molecule has 134 valence electrons. The summed E-state index contributed by atoms with van der Waals surface area (Å²) in [6, 6.07) is 8.82. The van der Waals surface area contributed by atoms with Crippen molar-refractivity contribution >= 4 is 0 Å². The lowest BCUT2D eigenvalue weighted by molar-refractivity contribution is 0.148. The first-order chi connectivity index (χ1) is 12.0. The predicted octanol–water partition coefficient (Wildman–Crippen LogP) is 3.42. The van der Waals surface area contributed by atoms with Gasteiger partial charge in [0, 0.05) is 38.9 Å². The molecule has 0 amide bonds. The highest BCUT2D eigenvalue weighted by atomic mass is 19.1. The van der Waals surface area contributed by atoms with Gasteiger partial charge in [0.15, 0.2) is 0 Å². The zero-order chi connectivity index (χ0) is 17.8. The number of hydrogen-bond acceptors (Lipinski definition) is 4. The average Bonchev–Trinajstić information content (AvgIpc) is 2.58. The van der Waals surface area contributed by atoms with Crippen molar-refractivity contribution in [1.82, 2.24) is 14.8 Å². The van der Waals surface area contributed by atoms with Gasteiger partial charge in [-0.15, -0.1) is 0 Å². The number of nitrogens with zero attached hydrogens (tertiary/aromatic N) is 3. The molecule has 1 aromatic carbocycles. The standard InChI is InChI=1S/C20H26FN3O/c1-15(2)25-19-6-4-5-17(21)20(19)18-8-7-16(13-22-18)14-24-11-9-23(3)10-12-24/h4-8,13,15H,9-12,14H2,1-3H3. The third-order valence-corrected chi connectivity index (χ3v) is 4.42. The number of ether oxygens (including phenoxy) is 1. The van der Waals surface area contributed by atoms with E-state index in [9.17, 15) is 4.39 Å². The van der Waals surface area contributed by atoms with Crippen LogP contribution in [0.3, 0.4) is 0 Å². The van der Waals surface area contributed by atoms with Crippen LogP contribution in [-0.4, -0.2) is 54.1 Å². The van der Waals surface area contributed by atoms with Gasteiger partial charge >= 0.3 is 0 Å². The van der Waals surface area contributed by atoms with Gasteiger partial charge in [0.05, 0.1) is 17.4 Å². The highest BCUT2D eigenvalue weighted by Crippen LogP contribution is 2.32. The third-order valence-electron chi connectivity index (χ3n) is 4.42. The van der Waals surface area contributed by atoms with E-state index in [1.54, 1.807) is 12.1 Å². The molecule has 0 radical (unpaired) electrons. The van der Waals surface area contributed by atoms with Crippen LogP contribution < -0.4 is 4.74 Å². The Morgan fingerprint density at radius 3 is 2.52 bits per heavy atom. The van der Waals surface area contributed by atoms with Crippen molar-refractivity contribution in [1.29, 1.82) is 0 Å². The van der Waals surface area contributed by atoms with Gasteiger partial charge in [0.25, 0.3) is 0 Å². The number of aromatic nitrogens is 1. The van der Waals surface area contributed by atoms with Crippen LogP contribution in [0, 0.1) is 5.82 Å². The first kappa shape index (κ1) is 17.8. The SMILES string of the molecule is CC(C)Oc1cccc(F)c1-c1ccc(CN2CCN(C)CC2)cn1. The van der Waals surface area contributed by atoms with Crippen LogP contribution in [0.25, 0.3) is 11.3 Å². The number of piperazine rings is 1. The Kier molecular flexibility index (Phi) is 5.66. The van der Waals surface area contributed by atoms with Crippen molar-refractivity contribution in [3.05, 3.63) is 47.9 Å². The molecule has 0 N–H and O–H groups in total. The van der Waals surface area contributed by atoms with Gasteiger partial charge in [-0.25, -0.2) is 4.39 Å². The molecular formula is C20H26FN3O. The minimum absolute atomic E-state index is 0.0166. The Hall–Kier alpha value is -1.98. The summed E-state index contributed by atoms with van der Waals surface area (Å²) < 4.78 is 20.1. The molecule has 5 heteroatoms. The number of rotatable bonds is 5. The lowest BCUT2D eigenvalue weighted by Gasteiger charge is -2.32. The fraction of sp³-hybridized carbons (Fsp3) is 0.450. The number of benzene rings is 1. The van der Waals surface area contributed by atoms with Gasteiger partial charge in [-0.1, -0.05) is 12.1 Å². The molecule has 0 bridgehead atoms.